The van der Waals surface area contributed by atoms with Crippen molar-refractivity contribution < 1.29 is 0 Å². The van der Waals surface area contributed by atoms with Gasteiger partial charge in [0.1, 0.15) is 0 Å². The van der Waals surface area contributed by atoms with Crippen LogP contribution in [0.25, 0.3) is 0 Å². The third-order valence-electron chi connectivity index (χ3n) is 2.69. The molecule has 0 saturated carbocycles. The fraction of sp³-hybridized carbons (Fsp3) is 0.455. The predicted molar refractivity (Wildman–Crippen MR) is 56.0 cm³/mol. The van der Waals surface area contributed by atoms with Gasteiger partial charge in [0.05, 0.1) is 0 Å². The van der Waals surface area contributed by atoms with Crippen LogP contribution in [0.1, 0.15) is 23.1 Å². The Bertz CT molecular complexity index is 291. The Hall–Kier alpha value is -0.430. The molecular formula is C11H14S. The third kappa shape index (κ3) is 1.38. The molecule has 12 heavy (non-hydrogen) atoms. The molecule has 1 aliphatic rings. The molecule has 1 aromatic rings. The number of rotatable bonds is 0. The lowest BCUT2D eigenvalue weighted by Gasteiger charge is -2.22. The maximum absolute atomic E-state index is 4.53. The Balaban J connectivity index is 2.43. The summed E-state index contributed by atoms with van der Waals surface area (Å²) in [5.74, 6) is 0. The van der Waals surface area contributed by atoms with Crippen LogP contribution in [0.15, 0.2) is 18.2 Å². The van der Waals surface area contributed by atoms with E-state index in [1.165, 1.54) is 18.4 Å². The molecule has 2 rings (SSSR count). The molecule has 1 heteroatoms. The first kappa shape index (κ1) is 8.18. The second-order valence-corrected chi connectivity index (χ2v) is 4.34. The minimum Gasteiger partial charge on any atom is -0.176 e. The van der Waals surface area contributed by atoms with E-state index in [1.54, 1.807) is 11.1 Å². The van der Waals surface area contributed by atoms with Crippen LogP contribution in [-0.2, 0) is 12.8 Å². The van der Waals surface area contributed by atoms with Gasteiger partial charge in [-0.05, 0) is 42.9 Å². The second kappa shape index (κ2) is 3.14. The highest BCUT2D eigenvalue weighted by atomic mass is 32.1. The fourth-order valence-electron chi connectivity index (χ4n) is 1.95. The van der Waals surface area contributed by atoms with E-state index in [4.69, 9.17) is 0 Å². The van der Waals surface area contributed by atoms with Crippen LogP contribution in [0.5, 0.6) is 0 Å². The summed E-state index contributed by atoms with van der Waals surface area (Å²) in [6.45, 7) is 2.20. The lowest BCUT2D eigenvalue weighted by molar-refractivity contribution is 0.702. The van der Waals surface area contributed by atoms with E-state index in [0.29, 0.717) is 5.25 Å². The molecule has 0 aromatic heterocycles. The molecule has 0 fully saturated rings. The number of aryl methyl sites for hydroxylation is 2. The molecule has 0 amide bonds. The van der Waals surface area contributed by atoms with Crippen molar-refractivity contribution in [3.63, 3.8) is 0 Å². The summed E-state index contributed by atoms with van der Waals surface area (Å²) in [5.41, 5.74) is 4.52. The van der Waals surface area contributed by atoms with Crippen molar-refractivity contribution in [2.45, 2.75) is 31.4 Å². The summed E-state index contributed by atoms with van der Waals surface area (Å²) in [4.78, 5) is 0. The highest BCUT2D eigenvalue weighted by Gasteiger charge is 2.16. The van der Waals surface area contributed by atoms with E-state index in [0.717, 1.165) is 6.42 Å². The molecule has 64 valence electrons. The van der Waals surface area contributed by atoms with E-state index in [1.807, 2.05) is 0 Å². The zero-order chi connectivity index (χ0) is 8.55. The summed E-state index contributed by atoms with van der Waals surface area (Å²) in [7, 11) is 0. The van der Waals surface area contributed by atoms with Crippen LogP contribution < -0.4 is 0 Å². The Morgan fingerprint density at radius 1 is 1.42 bits per heavy atom. The Morgan fingerprint density at radius 2 is 2.25 bits per heavy atom. The predicted octanol–water partition coefficient (Wildman–Crippen LogP) is 2.78. The maximum Gasteiger partial charge on any atom is 0.00605 e. The van der Waals surface area contributed by atoms with E-state index >= 15 is 0 Å². The Labute approximate surface area is 79.4 Å². The summed E-state index contributed by atoms with van der Waals surface area (Å²) in [6.07, 6.45) is 3.61. The van der Waals surface area contributed by atoms with Crippen molar-refractivity contribution in [1.82, 2.24) is 0 Å². The standard InChI is InChI=1S/C11H14S/c1-8-3-2-4-9-5-6-10(12)7-11(8)9/h2-4,10,12H,5-7H2,1H3. The molecule has 0 heterocycles. The second-order valence-electron chi connectivity index (χ2n) is 3.61. The summed E-state index contributed by atoms with van der Waals surface area (Å²) >= 11 is 4.53. The molecule has 0 nitrogen and oxygen atoms in total. The van der Waals surface area contributed by atoms with Crippen molar-refractivity contribution in [2.24, 2.45) is 0 Å². The minimum atomic E-state index is 0.582. The molecule has 1 aliphatic carbocycles. The first-order valence-corrected chi connectivity index (χ1v) is 5.04. The van der Waals surface area contributed by atoms with Crippen molar-refractivity contribution in [1.29, 1.82) is 0 Å². The van der Waals surface area contributed by atoms with Gasteiger partial charge in [0.15, 0.2) is 0 Å². The average molecular weight is 178 g/mol. The molecule has 0 spiro atoms. The van der Waals surface area contributed by atoms with E-state index in [-0.39, 0.29) is 0 Å². The molecule has 0 bridgehead atoms. The molecular weight excluding hydrogens is 164 g/mol. The molecule has 0 saturated heterocycles. The molecule has 0 N–H and O–H groups in total. The van der Waals surface area contributed by atoms with E-state index in [9.17, 15) is 0 Å². The van der Waals surface area contributed by atoms with Gasteiger partial charge in [0, 0.05) is 5.25 Å². The van der Waals surface area contributed by atoms with Crippen LogP contribution >= 0.6 is 12.6 Å². The monoisotopic (exact) mass is 178 g/mol. The normalized spacial score (nSPS) is 22.0. The van der Waals surface area contributed by atoms with Crippen LogP contribution in [0.3, 0.4) is 0 Å². The molecule has 0 aliphatic heterocycles. The van der Waals surface area contributed by atoms with Crippen LogP contribution in [0.4, 0.5) is 0 Å². The highest BCUT2D eigenvalue weighted by Crippen LogP contribution is 2.26. The minimum absolute atomic E-state index is 0.582. The van der Waals surface area contributed by atoms with Gasteiger partial charge < -0.3 is 0 Å². The zero-order valence-electron chi connectivity index (χ0n) is 7.38. The van der Waals surface area contributed by atoms with Gasteiger partial charge in [-0.25, -0.2) is 0 Å². The smallest absolute Gasteiger partial charge is 0.00605 e. The number of benzene rings is 1. The summed E-state index contributed by atoms with van der Waals surface area (Å²) in [5, 5.41) is 0.582. The average Bonchev–Trinajstić information content (AvgIpc) is 2.07. The Kier molecular flexibility index (Phi) is 2.14. The maximum atomic E-state index is 4.53. The fourth-order valence-corrected chi connectivity index (χ4v) is 2.26. The quantitative estimate of drug-likeness (QED) is 0.580. The Morgan fingerprint density at radius 3 is 3.08 bits per heavy atom. The lowest BCUT2D eigenvalue weighted by Crippen LogP contribution is -2.14. The van der Waals surface area contributed by atoms with Crippen molar-refractivity contribution in [2.75, 3.05) is 0 Å². The van der Waals surface area contributed by atoms with Crippen LogP contribution in [0, 0.1) is 6.92 Å². The number of thiol groups is 1. The van der Waals surface area contributed by atoms with Gasteiger partial charge in [-0.3, -0.25) is 0 Å². The zero-order valence-corrected chi connectivity index (χ0v) is 8.27. The number of hydrogen-bond acceptors (Lipinski definition) is 1. The van der Waals surface area contributed by atoms with Gasteiger partial charge in [-0.15, -0.1) is 0 Å². The van der Waals surface area contributed by atoms with Crippen molar-refractivity contribution in [3.8, 4) is 0 Å². The number of hydrogen-bond donors (Lipinski definition) is 1. The van der Waals surface area contributed by atoms with Crippen LogP contribution in [-0.4, -0.2) is 5.25 Å². The summed E-state index contributed by atoms with van der Waals surface area (Å²) in [6, 6.07) is 6.61. The van der Waals surface area contributed by atoms with Gasteiger partial charge in [-0.1, -0.05) is 18.2 Å². The largest absolute Gasteiger partial charge is 0.176 e. The van der Waals surface area contributed by atoms with Crippen molar-refractivity contribution in [3.05, 3.63) is 34.9 Å². The first-order chi connectivity index (χ1) is 5.77. The van der Waals surface area contributed by atoms with Gasteiger partial charge in [-0.2, -0.15) is 12.6 Å². The molecule has 1 unspecified atom stereocenters. The molecule has 1 atom stereocenters. The lowest BCUT2D eigenvalue weighted by atomic mass is 9.88. The van der Waals surface area contributed by atoms with Gasteiger partial charge in [0.25, 0.3) is 0 Å². The molecule has 1 aromatic carbocycles. The summed E-state index contributed by atoms with van der Waals surface area (Å²) < 4.78 is 0. The highest BCUT2D eigenvalue weighted by molar-refractivity contribution is 7.80. The number of fused-ring (bicyclic) bond motifs is 1. The third-order valence-corrected chi connectivity index (χ3v) is 3.13. The SMILES string of the molecule is Cc1cccc2c1CC(S)CC2. The van der Waals surface area contributed by atoms with Gasteiger partial charge >= 0.3 is 0 Å². The van der Waals surface area contributed by atoms with Crippen molar-refractivity contribution >= 4 is 12.6 Å². The first-order valence-electron chi connectivity index (χ1n) is 4.53. The molecule has 0 radical (unpaired) electrons. The van der Waals surface area contributed by atoms with E-state index in [2.05, 4.69) is 37.8 Å². The van der Waals surface area contributed by atoms with Crippen LogP contribution in [0.2, 0.25) is 0 Å². The van der Waals surface area contributed by atoms with E-state index < -0.39 is 0 Å². The topological polar surface area (TPSA) is 0 Å². The van der Waals surface area contributed by atoms with Gasteiger partial charge in [0.2, 0.25) is 0 Å².